The minimum absolute atomic E-state index is 0.0619. The largest absolute Gasteiger partial charge is 0.478 e. The van der Waals surface area contributed by atoms with Gasteiger partial charge in [-0.1, -0.05) is 28.9 Å². The number of benzene rings is 2. The first-order valence-corrected chi connectivity index (χ1v) is 9.97. The van der Waals surface area contributed by atoms with E-state index in [1.165, 1.54) is 11.3 Å². The van der Waals surface area contributed by atoms with Gasteiger partial charge >= 0.3 is 0 Å². The monoisotopic (exact) mass is 429 g/mol. The van der Waals surface area contributed by atoms with Gasteiger partial charge < -0.3 is 21.0 Å². The molecule has 29 heavy (non-hydrogen) atoms. The number of amidine groups is 1. The van der Waals surface area contributed by atoms with Crippen LogP contribution in [-0.4, -0.2) is 22.6 Å². The van der Waals surface area contributed by atoms with Crippen molar-refractivity contribution >= 4 is 40.4 Å². The molecule has 6 nitrogen and oxygen atoms in total. The summed E-state index contributed by atoms with van der Waals surface area (Å²) in [7, 11) is 0. The third-order valence-corrected chi connectivity index (χ3v) is 5.35. The predicted molar refractivity (Wildman–Crippen MR) is 117 cm³/mol. The summed E-state index contributed by atoms with van der Waals surface area (Å²) in [4.78, 5) is 13.4. The smallest absolute Gasteiger partial charge is 0.267 e. The number of carbonyl (C=O) groups is 1. The highest BCUT2D eigenvalue weighted by Gasteiger charge is 2.30. The lowest BCUT2D eigenvalue weighted by Gasteiger charge is -2.25. The number of nitrogens with one attached hydrogen (secondary N) is 1. The summed E-state index contributed by atoms with van der Waals surface area (Å²) in [5.41, 5.74) is 6.98. The Kier molecular flexibility index (Phi) is 6.10. The van der Waals surface area contributed by atoms with Gasteiger partial charge in [0.05, 0.1) is 4.88 Å². The summed E-state index contributed by atoms with van der Waals surface area (Å²) < 4.78 is 5.83. The molecule has 0 aliphatic carbocycles. The van der Waals surface area contributed by atoms with Crippen molar-refractivity contribution in [3.8, 4) is 16.9 Å². The van der Waals surface area contributed by atoms with Crippen LogP contribution < -0.4 is 15.8 Å². The van der Waals surface area contributed by atoms with Crippen molar-refractivity contribution in [1.82, 2.24) is 0 Å². The van der Waals surface area contributed by atoms with Crippen molar-refractivity contribution in [1.29, 1.82) is 0 Å². The maximum atomic E-state index is 12.8. The lowest BCUT2D eigenvalue weighted by molar-refractivity contribution is -0.128. The molecule has 0 aliphatic rings. The van der Waals surface area contributed by atoms with Crippen LogP contribution in [0.2, 0.25) is 5.02 Å². The molecule has 0 atom stereocenters. The maximum absolute atomic E-state index is 12.8. The number of nitrogens with two attached hydrogens (primary N) is 1. The van der Waals surface area contributed by atoms with Gasteiger partial charge in [-0.15, -0.1) is 11.3 Å². The fourth-order valence-electron chi connectivity index (χ4n) is 2.57. The van der Waals surface area contributed by atoms with E-state index < -0.39 is 5.60 Å². The van der Waals surface area contributed by atoms with E-state index >= 15 is 0 Å². The zero-order valence-corrected chi connectivity index (χ0v) is 17.4. The number of hydrogen-bond acceptors (Lipinski definition) is 5. The van der Waals surface area contributed by atoms with Gasteiger partial charge in [-0.25, -0.2) is 0 Å². The molecule has 3 aromatic rings. The van der Waals surface area contributed by atoms with Crippen LogP contribution in [0.5, 0.6) is 5.75 Å². The lowest BCUT2D eigenvalue weighted by Crippen LogP contribution is -2.42. The van der Waals surface area contributed by atoms with Crippen molar-refractivity contribution in [2.45, 2.75) is 19.4 Å². The van der Waals surface area contributed by atoms with Crippen molar-refractivity contribution in [2.24, 2.45) is 10.9 Å². The van der Waals surface area contributed by atoms with E-state index in [1.54, 1.807) is 44.2 Å². The van der Waals surface area contributed by atoms with E-state index in [1.807, 2.05) is 29.6 Å². The van der Waals surface area contributed by atoms with E-state index in [0.29, 0.717) is 21.3 Å². The van der Waals surface area contributed by atoms with Gasteiger partial charge in [0.25, 0.3) is 5.91 Å². The van der Waals surface area contributed by atoms with Crippen molar-refractivity contribution < 1.29 is 14.7 Å². The van der Waals surface area contributed by atoms with Crippen LogP contribution in [-0.2, 0) is 4.79 Å². The number of hydrogen-bond donors (Lipinski definition) is 3. The molecule has 0 bridgehead atoms. The molecule has 0 saturated carbocycles. The molecule has 1 heterocycles. The Hall–Kier alpha value is -3.03. The summed E-state index contributed by atoms with van der Waals surface area (Å²) in [6.45, 7) is 3.39. The van der Waals surface area contributed by atoms with Crippen LogP contribution in [0.15, 0.2) is 65.1 Å². The molecule has 8 heteroatoms. The average Bonchev–Trinajstić information content (AvgIpc) is 3.19. The molecular formula is C21H20ClN3O3S. The molecular weight excluding hydrogens is 410 g/mol. The third-order valence-electron chi connectivity index (χ3n) is 4.15. The summed E-state index contributed by atoms with van der Waals surface area (Å²) in [6, 6.07) is 16.1. The minimum Gasteiger partial charge on any atom is -0.478 e. The number of ether oxygens (including phenoxy) is 1. The SMILES string of the molecule is CC(C)(Oc1ccc(Cl)cc1)C(=O)Nc1cccc(-c2csc(C(N)=NO)c2)c1. The van der Waals surface area contributed by atoms with Gasteiger partial charge in [0, 0.05) is 10.7 Å². The molecule has 0 fully saturated rings. The van der Waals surface area contributed by atoms with E-state index in [4.69, 9.17) is 27.3 Å². The molecule has 0 unspecified atom stereocenters. The van der Waals surface area contributed by atoms with Gasteiger partial charge in [-0.3, -0.25) is 4.79 Å². The number of carbonyl (C=O) groups excluding carboxylic acids is 1. The van der Waals surface area contributed by atoms with Crippen LogP contribution in [0.3, 0.4) is 0 Å². The second-order valence-corrected chi connectivity index (χ2v) is 8.13. The van der Waals surface area contributed by atoms with Crippen LogP contribution in [0, 0.1) is 0 Å². The molecule has 150 valence electrons. The molecule has 2 aromatic carbocycles. The van der Waals surface area contributed by atoms with Crippen LogP contribution >= 0.6 is 22.9 Å². The Bertz CT molecular complexity index is 1050. The van der Waals surface area contributed by atoms with E-state index in [0.717, 1.165) is 11.1 Å². The van der Waals surface area contributed by atoms with Crippen molar-refractivity contribution in [3.63, 3.8) is 0 Å². The molecule has 1 aromatic heterocycles. The maximum Gasteiger partial charge on any atom is 0.267 e. The third kappa shape index (κ3) is 5.07. The number of anilines is 1. The molecule has 4 N–H and O–H groups in total. The first-order valence-electron chi connectivity index (χ1n) is 8.71. The van der Waals surface area contributed by atoms with Gasteiger partial charge in [0.1, 0.15) is 5.75 Å². The molecule has 0 aliphatic heterocycles. The number of halogens is 1. The first-order chi connectivity index (χ1) is 13.8. The van der Waals surface area contributed by atoms with E-state index in [2.05, 4.69) is 10.5 Å². The minimum atomic E-state index is -1.09. The van der Waals surface area contributed by atoms with E-state index in [9.17, 15) is 4.79 Å². The normalized spacial score (nSPS) is 11.9. The molecule has 0 saturated heterocycles. The van der Waals surface area contributed by atoms with E-state index in [-0.39, 0.29) is 11.7 Å². The summed E-state index contributed by atoms with van der Waals surface area (Å²) in [5, 5.41) is 17.2. The predicted octanol–water partition coefficient (Wildman–Crippen LogP) is 4.96. The van der Waals surface area contributed by atoms with Crippen LogP contribution in [0.4, 0.5) is 5.69 Å². The summed E-state index contributed by atoms with van der Waals surface area (Å²) in [5.74, 6) is 0.330. The van der Waals surface area contributed by atoms with Gasteiger partial charge in [-0.2, -0.15) is 0 Å². The summed E-state index contributed by atoms with van der Waals surface area (Å²) in [6.07, 6.45) is 0. The quantitative estimate of drug-likeness (QED) is 0.223. The Morgan fingerprint density at radius 1 is 1.17 bits per heavy atom. The highest BCUT2D eigenvalue weighted by molar-refractivity contribution is 7.12. The Balaban J connectivity index is 1.74. The fourth-order valence-corrected chi connectivity index (χ4v) is 3.51. The lowest BCUT2D eigenvalue weighted by atomic mass is 10.1. The van der Waals surface area contributed by atoms with Crippen LogP contribution in [0.25, 0.3) is 11.1 Å². The number of amides is 1. The Morgan fingerprint density at radius 2 is 1.90 bits per heavy atom. The number of rotatable bonds is 6. The fraction of sp³-hybridized carbons (Fsp3) is 0.143. The highest BCUT2D eigenvalue weighted by Crippen LogP contribution is 2.28. The average molecular weight is 430 g/mol. The standard InChI is InChI=1S/C21H20ClN3O3S/c1-21(2,28-17-8-6-15(22)7-9-17)20(26)24-16-5-3-4-13(10-16)14-11-18(29-12-14)19(23)25-27/h3-12,27H,1-2H3,(H2,23,25)(H,24,26). The van der Waals surface area contributed by atoms with Gasteiger partial charge in [0.2, 0.25) is 0 Å². The highest BCUT2D eigenvalue weighted by atomic mass is 35.5. The second kappa shape index (κ2) is 8.55. The zero-order chi connectivity index (χ0) is 21.0. The Morgan fingerprint density at radius 3 is 2.59 bits per heavy atom. The van der Waals surface area contributed by atoms with Crippen molar-refractivity contribution in [3.05, 3.63) is 69.9 Å². The zero-order valence-electron chi connectivity index (χ0n) is 15.8. The van der Waals surface area contributed by atoms with Crippen molar-refractivity contribution in [2.75, 3.05) is 5.32 Å². The Labute approximate surface area is 177 Å². The number of thiophene rings is 1. The molecule has 0 spiro atoms. The van der Waals surface area contributed by atoms with Gasteiger partial charge in [-0.05, 0) is 72.8 Å². The van der Waals surface area contributed by atoms with Crippen LogP contribution in [0.1, 0.15) is 18.7 Å². The second-order valence-electron chi connectivity index (χ2n) is 6.79. The molecule has 1 amide bonds. The number of oxime groups is 1. The summed E-state index contributed by atoms with van der Waals surface area (Å²) >= 11 is 7.26. The topological polar surface area (TPSA) is 96.9 Å². The first kappa shape index (κ1) is 20.7. The molecule has 3 rings (SSSR count). The number of nitrogens with zero attached hydrogens (tertiary/aromatic N) is 1. The molecule has 0 radical (unpaired) electrons. The van der Waals surface area contributed by atoms with Gasteiger partial charge in [0.15, 0.2) is 11.4 Å².